The molecule has 0 radical (unpaired) electrons. The fraction of sp³-hybridized carbons (Fsp3) is 0.300. The van der Waals surface area contributed by atoms with Crippen LogP contribution in [-0.4, -0.2) is 18.0 Å². The van der Waals surface area contributed by atoms with E-state index in [1.54, 1.807) is 19.4 Å². The van der Waals surface area contributed by atoms with Gasteiger partial charge in [-0.2, -0.15) is 0 Å². The molecule has 1 aromatic rings. The van der Waals surface area contributed by atoms with Crippen LogP contribution in [0.25, 0.3) is 0 Å². The molecule has 0 saturated carbocycles. The minimum absolute atomic E-state index is 0.371. The number of alkyl halides is 1. The van der Waals surface area contributed by atoms with Crippen LogP contribution >= 0.6 is 11.6 Å². The molecular weight excluding hydrogens is 200 g/mol. The average Bonchev–Trinajstić information content (AvgIpc) is 2.21. The van der Waals surface area contributed by atoms with E-state index in [1.807, 2.05) is 0 Å². The largest absolute Gasteiger partial charge is 0.493 e. The van der Waals surface area contributed by atoms with Crippen molar-refractivity contribution in [1.29, 1.82) is 0 Å². The molecule has 0 amide bonds. The highest BCUT2D eigenvalue weighted by Crippen LogP contribution is 2.18. The average molecular weight is 211 g/mol. The van der Waals surface area contributed by atoms with E-state index in [0.29, 0.717) is 23.9 Å². The predicted molar refractivity (Wildman–Crippen MR) is 57.4 cm³/mol. The van der Waals surface area contributed by atoms with Crippen molar-refractivity contribution in [2.75, 3.05) is 18.7 Å². The zero-order valence-electron chi connectivity index (χ0n) is 7.88. The highest BCUT2D eigenvalue weighted by Gasteiger charge is 1.99. The summed E-state index contributed by atoms with van der Waals surface area (Å²) in [5, 5.41) is 0. The lowest BCUT2D eigenvalue weighted by atomic mass is 10.2. The van der Waals surface area contributed by atoms with Crippen LogP contribution in [0.3, 0.4) is 0 Å². The molecule has 0 spiro atoms. The highest BCUT2D eigenvalue weighted by molar-refractivity contribution is 6.18. The number of ether oxygens (including phenoxy) is 1. The quantitative estimate of drug-likeness (QED) is 0.597. The molecule has 0 aliphatic carbocycles. The van der Waals surface area contributed by atoms with E-state index < -0.39 is 0 Å². The molecular formula is C10H11ClN2O. The maximum absolute atomic E-state index is 5.55. The van der Waals surface area contributed by atoms with Crippen LogP contribution in [0.15, 0.2) is 12.3 Å². The second-order valence-electron chi connectivity index (χ2n) is 2.55. The Morgan fingerprint density at radius 2 is 2.43 bits per heavy atom. The van der Waals surface area contributed by atoms with Gasteiger partial charge in [-0.15, -0.1) is 11.6 Å². The molecule has 0 aromatic carbocycles. The number of nitrogens with zero attached hydrogens (tertiary/aromatic N) is 1. The Kier molecular flexibility index (Phi) is 4.09. The molecule has 0 fully saturated rings. The summed E-state index contributed by atoms with van der Waals surface area (Å²) in [4.78, 5) is 3.95. The van der Waals surface area contributed by atoms with Gasteiger partial charge in [0.05, 0.1) is 7.11 Å². The molecule has 0 aliphatic heterocycles. The zero-order valence-corrected chi connectivity index (χ0v) is 8.64. The van der Waals surface area contributed by atoms with Crippen molar-refractivity contribution in [3.8, 4) is 17.6 Å². The van der Waals surface area contributed by atoms with Gasteiger partial charge in [0.1, 0.15) is 0 Å². The number of halogens is 1. The summed E-state index contributed by atoms with van der Waals surface area (Å²) in [6.45, 7) is 0. The van der Waals surface area contributed by atoms with Gasteiger partial charge < -0.3 is 10.5 Å². The van der Waals surface area contributed by atoms with E-state index in [2.05, 4.69) is 16.8 Å². The molecule has 0 aliphatic rings. The lowest BCUT2D eigenvalue weighted by molar-refractivity contribution is 0.415. The SMILES string of the molecule is COc1cc(C#CCCCl)cnc1N. The number of nitrogen functional groups attached to an aromatic ring is 1. The monoisotopic (exact) mass is 210 g/mol. The predicted octanol–water partition coefficient (Wildman–Crippen LogP) is 1.65. The summed E-state index contributed by atoms with van der Waals surface area (Å²) in [6, 6.07) is 1.75. The fourth-order valence-electron chi connectivity index (χ4n) is 0.899. The second-order valence-corrected chi connectivity index (χ2v) is 2.93. The molecule has 1 aromatic heterocycles. The second kappa shape index (κ2) is 5.36. The molecule has 1 rings (SSSR count). The van der Waals surface area contributed by atoms with Crippen LogP contribution in [0.5, 0.6) is 5.75 Å². The Hall–Kier alpha value is -1.40. The number of aromatic nitrogens is 1. The lowest BCUT2D eigenvalue weighted by Crippen LogP contribution is -1.95. The van der Waals surface area contributed by atoms with Gasteiger partial charge in [0.25, 0.3) is 0 Å². The first-order valence-corrected chi connectivity index (χ1v) is 4.65. The first kappa shape index (κ1) is 10.7. The number of pyridine rings is 1. The molecule has 14 heavy (non-hydrogen) atoms. The van der Waals surface area contributed by atoms with E-state index >= 15 is 0 Å². The van der Waals surface area contributed by atoms with Gasteiger partial charge in [-0.25, -0.2) is 4.98 Å². The highest BCUT2D eigenvalue weighted by atomic mass is 35.5. The molecule has 2 N–H and O–H groups in total. The van der Waals surface area contributed by atoms with Crippen molar-refractivity contribution in [3.05, 3.63) is 17.8 Å². The summed E-state index contributed by atoms with van der Waals surface area (Å²) >= 11 is 5.49. The van der Waals surface area contributed by atoms with Crippen molar-refractivity contribution in [3.63, 3.8) is 0 Å². The van der Waals surface area contributed by atoms with E-state index in [1.165, 1.54) is 0 Å². The van der Waals surface area contributed by atoms with Gasteiger partial charge in [-0.3, -0.25) is 0 Å². The molecule has 1 heterocycles. The number of rotatable bonds is 2. The maximum atomic E-state index is 5.55. The van der Waals surface area contributed by atoms with Gasteiger partial charge in [0, 0.05) is 30.1 Å². The van der Waals surface area contributed by atoms with Crippen LogP contribution in [0.2, 0.25) is 0 Å². The Bertz CT molecular complexity index is 368. The molecule has 0 atom stereocenters. The Morgan fingerprint density at radius 3 is 3.07 bits per heavy atom. The van der Waals surface area contributed by atoms with Gasteiger partial charge in [0.15, 0.2) is 11.6 Å². The van der Waals surface area contributed by atoms with Crippen LogP contribution in [-0.2, 0) is 0 Å². The van der Waals surface area contributed by atoms with Crippen LogP contribution in [0, 0.1) is 11.8 Å². The summed E-state index contributed by atoms with van der Waals surface area (Å²) < 4.78 is 5.01. The van der Waals surface area contributed by atoms with Gasteiger partial charge in [0.2, 0.25) is 0 Å². The number of nitrogens with two attached hydrogens (primary N) is 1. The zero-order chi connectivity index (χ0) is 10.4. The number of hydrogen-bond acceptors (Lipinski definition) is 3. The minimum Gasteiger partial charge on any atom is -0.493 e. The van der Waals surface area contributed by atoms with Crippen LogP contribution < -0.4 is 10.5 Å². The first-order chi connectivity index (χ1) is 6.77. The van der Waals surface area contributed by atoms with E-state index in [4.69, 9.17) is 22.1 Å². The van der Waals surface area contributed by atoms with Crippen molar-refractivity contribution in [2.24, 2.45) is 0 Å². The van der Waals surface area contributed by atoms with E-state index in [0.717, 1.165) is 5.56 Å². The summed E-state index contributed by atoms with van der Waals surface area (Å²) in [6.07, 6.45) is 2.27. The van der Waals surface area contributed by atoms with E-state index in [9.17, 15) is 0 Å². The molecule has 74 valence electrons. The Morgan fingerprint density at radius 1 is 1.64 bits per heavy atom. The third-order valence-corrected chi connectivity index (χ3v) is 1.74. The summed E-state index contributed by atoms with van der Waals surface area (Å²) in [5.41, 5.74) is 6.33. The number of hydrogen-bond donors (Lipinski definition) is 1. The minimum atomic E-state index is 0.371. The summed E-state index contributed by atoms with van der Waals surface area (Å²) in [5.74, 6) is 7.27. The molecule has 0 bridgehead atoms. The van der Waals surface area contributed by atoms with Gasteiger partial charge in [-0.05, 0) is 0 Å². The number of methoxy groups -OCH3 is 1. The Balaban J connectivity index is 2.86. The van der Waals surface area contributed by atoms with Crippen LogP contribution in [0.4, 0.5) is 5.82 Å². The topological polar surface area (TPSA) is 48.1 Å². The number of anilines is 1. The molecule has 3 nitrogen and oxygen atoms in total. The first-order valence-electron chi connectivity index (χ1n) is 4.12. The molecule has 4 heteroatoms. The maximum Gasteiger partial charge on any atom is 0.166 e. The van der Waals surface area contributed by atoms with Crippen LogP contribution in [0.1, 0.15) is 12.0 Å². The standard InChI is InChI=1S/C10H11ClN2O/c1-14-9-6-8(4-2-3-5-11)7-13-10(9)12/h6-7H,3,5H2,1H3,(H2,12,13). The van der Waals surface area contributed by atoms with Crippen molar-refractivity contribution in [2.45, 2.75) is 6.42 Å². The lowest BCUT2D eigenvalue weighted by Gasteiger charge is -2.02. The van der Waals surface area contributed by atoms with Gasteiger partial charge >= 0.3 is 0 Å². The summed E-state index contributed by atoms with van der Waals surface area (Å²) in [7, 11) is 1.54. The van der Waals surface area contributed by atoms with Crippen molar-refractivity contribution < 1.29 is 4.74 Å². The van der Waals surface area contributed by atoms with Gasteiger partial charge in [-0.1, -0.05) is 11.8 Å². The third kappa shape index (κ3) is 2.82. The third-order valence-electron chi connectivity index (χ3n) is 1.55. The normalized spacial score (nSPS) is 9.00. The fourth-order valence-corrected chi connectivity index (χ4v) is 0.993. The smallest absolute Gasteiger partial charge is 0.166 e. The molecule has 0 unspecified atom stereocenters. The van der Waals surface area contributed by atoms with E-state index in [-0.39, 0.29) is 0 Å². The molecule has 0 saturated heterocycles. The van der Waals surface area contributed by atoms with Crippen molar-refractivity contribution in [1.82, 2.24) is 4.98 Å². The van der Waals surface area contributed by atoms with Crippen molar-refractivity contribution >= 4 is 17.4 Å². The Labute approximate surface area is 88.2 Å².